The van der Waals surface area contributed by atoms with E-state index in [1.165, 1.54) is 0 Å². The Morgan fingerprint density at radius 1 is 1.32 bits per heavy atom. The maximum absolute atomic E-state index is 12.6. The molecule has 9 heteroatoms. The molecule has 0 amide bonds. The smallest absolute Gasteiger partial charge is 0.326 e. The molecule has 40 heavy (non-hydrogen) atoms. The Balaban J connectivity index is 1.96. The van der Waals surface area contributed by atoms with Crippen LogP contribution in [0.3, 0.4) is 0 Å². The minimum Gasteiger partial charge on any atom is -0.459 e. The molecule has 0 radical (unpaired) electrons. The predicted molar refractivity (Wildman–Crippen MR) is 167 cm³/mol. The van der Waals surface area contributed by atoms with Gasteiger partial charge in [0.15, 0.2) is 5.78 Å². The third kappa shape index (κ3) is 8.58. The number of carbonyl (C=O) groups is 2. The Bertz CT molecular complexity index is 1300. The standard InChI is InChI=1S/C31H42IN3O5/c1-8-24(15-19(2)28(37)20(3)32)29-34-25-16-23(17-33-27(21(4)36)30(38)40-31(5,6)7)9-10-26(25)35(29)18-22-11-13-39-14-12-22/h8-10,15-16,21-22,27,33,36H,3,11-14,17-18H2,1-2,4-7H3/b19-15-,24-8+/t21-,27+/m1/s1. The summed E-state index contributed by atoms with van der Waals surface area (Å²) < 4.78 is 13.8. The second-order valence-corrected chi connectivity index (χ2v) is 12.7. The summed E-state index contributed by atoms with van der Waals surface area (Å²) in [6.45, 7) is 17.2. The summed E-state index contributed by atoms with van der Waals surface area (Å²) >= 11 is 1.95. The number of nitrogens with zero attached hydrogens (tertiary/aromatic N) is 2. The molecular weight excluding hydrogens is 621 g/mol. The highest BCUT2D eigenvalue weighted by Crippen LogP contribution is 2.28. The molecule has 3 rings (SSSR count). The second-order valence-electron chi connectivity index (χ2n) is 11.4. The van der Waals surface area contributed by atoms with Crippen LogP contribution in [0.15, 0.2) is 46.1 Å². The van der Waals surface area contributed by atoms with E-state index in [9.17, 15) is 14.7 Å². The molecular formula is C31H42IN3O5. The lowest BCUT2D eigenvalue weighted by atomic mass is 10.00. The van der Waals surface area contributed by atoms with Gasteiger partial charge < -0.3 is 19.1 Å². The second kappa shape index (κ2) is 14.0. The Labute approximate surface area is 251 Å². The van der Waals surface area contributed by atoms with Gasteiger partial charge in [-0.15, -0.1) is 0 Å². The SMILES string of the molecule is C=C(I)C(=O)/C(C)=C\C(=C/C)c1nc2cc(CN[C@H](C(=O)OC(C)(C)C)[C@@H](C)O)ccc2n1CC1CCOCC1. The van der Waals surface area contributed by atoms with Gasteiger partial charge in [0.2, 0.25) is 0 Å². The number of esters is 1. The number of ether oxygens (including phenoxy) is 2. The third-order valence-corrected chi connectivity index (χ3v) is 7.30. The highest BCUT2D eigenvalue weighted by Gasteiger charge is 2.28. The van der Waals surface area contributed by atoms with Crippen LogP contribution in [-0.4, -0.2) is 57.4 Å². The number of benzene rings is 1. The van der Waals surface area contributed by atoms with Crippen LogP contribution in [-0.2, 0) is 32.2 Å². The maximum atomic E-state index is 12.6. The van der Waals surface area contributed by atoms with Crippen LogP contribution in [0.5, 0.6) is 0 Å². The van der Waals surface area contributed by atoms with Crippen molar-refractivity contribution in [1.82, 2.24) is 14.9 Å². The van der Waals surface area contributed by atoms with Crippen LogP contribution in [0.4, 0.5) is 0 Å². The van der Waals surface area contributed by atoms with E-state index in [-0.39, 0.29) is 5.78 Å². The Morgan fingerprint density at radius 2 is 2.00 bits per heavy atom. The number of hydrogen-bond acceptors (Lipinski definition) is 7. The largest absolute Gasteiger partial charge is 0.459 e. The van der Waals surface area contributed by atoms with Crippen LogP contribution in [0.2, 0.25) is 0 Å². The van der Waals surface area contributed by atoms with Crippen molar-refractivity contribution in [3.05, 3.63) is 57.5 Å². The lowest BCUT2D eigenvalue weighted by molar-refractivity contribution is -0.160. The highest BCUT2D eigenvalue weighted by atomic mass is 127. The number of imidazole rings is 1. The molecule has 2 aromatic rings. The van der Waals surface area contributed by atoms with Crippen molar-refractivity contribution in [2.45, 2.75) is 85.2 Å². The normalized spacial score (nSPS) is 17.1. The molecule has 0 aliphatic carbocycles. The first kappa shape index (κ1) is 32.2. The summed E-state index contributed by atoms with van der Waals surface area (Å²) in [5.41, 5.74) is 3.57. The average molecular weight is 664 g/mol. The molecule has 218 valence electrons. The first-order valence-electron chi connectivity index (χ1n) is 13.8. The summed E-state index contributed by atoms with van der Waals surface area (Å²) in [7, 11) is 0. The predicted octanol–water partition coefficient (Wildman–Crippen LogP) is 5.51. The fourth-order valence-electron chi connectivity index (χ4n) is 4.71. The fraction of sp³-hybridized carbons (Fsp3) is 0.516. The molecule has 0 bridgehead atoms. The molecule has 0 spiro atoms. The minimum absolute atomic E-state index is 0.0851. The lowest BCUT2D eigenvalue weighted by Gasteiger charge is -2.26. The van der Waals surface area contributed by atoms with Gasteiger partial charge in [-0.05, 0) is 112 Å². The van der Waals surface area contributed by atoms with Crippen molar-refractivity contribution in [1.29, 1.82) is 0 Å². The number of Topliss-reactive ketones (excluding diaryl/α,β-unsaturated/α-hetero) is 1. The van der Waals surface area contributed by atoms with Crippen LogP contribution < -0.4 is 5.32 Å². The molecule has 1 aromatic heterocycles. The van der Waals surface area contributed by atoms with Crippen LogP contribution >= 0.6 is 22.6 Å². The molecule has 0 unspecified atom stereocenters. The zero-order valence-electron chi connectivity index (χ0n) is 24.4. The molecule has 2 atom stereocenters. The van der Waals surface area contributed by atoms with Gasteiger partial charge in [0.05, 0.1) is 20.7 Å². The molecule has 1 saturated heterocycles. The number of rotatable bonds is 11. The monoisotopic (exact) mass is 663 g/mol. The van der Waals surface area contributed by atoms with Crippen LogP contribution in [0, 0.1) is 5.92 Å². The number of aliphatic hydroxyl groups excluding tert-OH is 1. The molecule has 8 nitrogen and oxygen atoms in total. The number of hydrogen-bond donors (Lipinski definition) is 2. The first-order valence-corrected chi connectivity index (χ1v) is 14.8. The van der Waals surface area contributed by atoms with Crippen LogP contribution in [0.25, 0.3) is 16.6 Å². The lowest BCUT2D eigenvalue weighted by Crippen LogP contribution is -2.47. The topological polar surface area (TPSA) is 103 Å². The van der Waals surface area contributed by atoms with Crippen LogP contribution in [0.1, 0.15) is 65.8 Å². The van der Waals surface area contributed by atoms with E-state index in [0.29, 0.717) is 21.6 Å². The molecule has 2 N–H and O–H groups in total. The van der Waals surface area contributed by atoms with Gasteiger partial charge >= 0.3 is 5.97 Å². The minimum atomic E-state index is -0.919. The Kier molecular flexibility index (Phi) is 11.3. The van der Waals surface area contributed by atoms with E-state index in [0.717, 1.165) is 60.6 Å². The average Bonchev–Trinajstić information content (AvgIpc) is 3.23. The van der Waals surface area contributed by atoms with Gasteiger partial charge in [-0.25, -0.2) is 4.98 Å². The number of allylic oxidation sites excluding steroid dienone is 5. The number of ketones is 1. The van der Waals surface area contributed by atoms with Crippen molar-refractivity contribution in [3.63, 3.8) is 0 Å². The third-order valence-electron chi connectivity index (χ3n) is 6.81. The zero-order chi connectivity index (χ0) is 29.6. The van der Waals surface area contributed by atoms with E-state index < -0.39 is 23.7 Å². The summed E-state index contributed by atoms with van der Waals surface area (Å²) in [5.74, 6) is 0.690. The van der Waals surface area contributed by atoms with E-state index >= 15 is 0 Å². The zero-order valence-corrected chi connectivity index (χ0v) is 26.6. The van der Waals surface area contributed by atoms with E-state index in [1.54, 1.807) is 34.6 Å². The van der Waals surface area contributed by atoms with Crippen molar-refractivity contribution in [2.24, 2.45) is 5.92 Å². The number of carbonyl (C=O) groups excluding carboxylic acids is 2. The van der Waals surface area contributed by atoms with Gasteiger partial charge in [-0.2, -0.15) is 0 Å². The molecule has 1 aliphatic rings. The molecule has 0 saturated carbocycles. The van der Waals surface area contributed by atoms with Gasteiger partial charge in [0.1, 0.15) is 17.5 Å². The van der Waals surface area contributed by atoms with E-state index in [2.05, 4.69) is 22.5 Å². The number of aromatic nitrogens is 2. The molecule has 1 aromatic carbocycles. The van der Waals surface area contributed by atoms with Crippen molar-refractivity contribution < 1.29 is 24.2 Å². The van der Waals surface area contributed by atoms with Gasteiger partial charge in [-0.3, -0.25) is 14.9 Å². The van der Waals surface area contributed by atoms with Crippen molar-refractivity contribution >= 4 is 50.9 Å². The highest BCUT2D eigenvalue weighted by molar-refractivity contribution is 14.1. The van der Waals surface area contributed by atoms with Gasteiger partial charge in [0.25, 0.3) is 0 Å². The summed E-state index contributed by atoms with van der Waals surface area (Å²) in [4.78, 5) is 30.2. The first-order chi connectivity index (χ1) is 18.8. The van der Waals surface area contributed by atoms with Gasteiger partial charge in [-0.1, -0.05) is 18.7 Å². The summed E-state index contributed by atoms with van der Waals surface area (Å²) in [6, 6.07) is 5.20. The van der Waals surface area contributed by atoms with E-state index in [1.807, 2.05) is 53.8 Å². The van der Waals surface area contributed by atoms with Crippen molar-refractivity contribution in [3.8, 4) is 0 Å². The number of aliphatic hydroxyl groups is 1. The summed E-state index contributed by atoms with van der Waals surface area (Å²) in [6.07, 6.45) is 4.91. The quantitative estimate of drug-likeness (QED) is 0.142. The molecule has 1 fully saturated rings. The molecule has 2 heterocycles. The number of fused-ring (bicyclic) bond motifs is 1. The van der Waals surface area contributed by atoms with Gasteiger partial charge in [0, 0.05) is 31.9 Å². The number of nitrogens with one attached hydrogen (secondary N) is 1. The van der Waals surface area contributed by atoms with Crippen molar-refractivity contribution in [2.75, 3.05) is 13.2 Å². The fourth-order valence-corrected chi connectivity index (χ4v) is 5.14. The number of halogens is 1. The Morgan fingerprint density at radius 3 is 2.58 bits per heavy atom. The summed E-state index contributed by atoms with van der Waals surface area (Å²) in [5, 5.41) is 13.4. The Hall–Kier alpha value is -2.34. The van der Waals surface area contributed by atoms with E-state index in [4.69, 9.17) is 14.5 Å². The maximum Gasteiger partial charge on any atom is 0.326 e. The molecule has 1 aliphatic heterocycles.